The van der Waals surface area contributed by atoms with Crippen molar-refractivity contribution in [1.29, 1.82) is 0 Å². The number of H-pyrrole nitrogens is 1. The van der Waals surface area contributed by atoms with Gasteiger partial charge in [0.15, 0.2) is 0 Å². The van der Waals surface area contributed by atoms with Gasteiger partial charge in [-0.25, -0.2) is 0 Å². The lowest BCUT2D eigenvalue weighted by atomic mass is 10.1. The minimum Gasteiger partial charge on any atom is -0.374 e. The molecular formula is C22H27N3O. The summed E-state index contributed by atoms with van der Waals surface area (Å²) < 4.78 is 5.97. The molecule has 1 atom stereocenters. The summed E-state index contributed by atoms with van der Waals surface area (Å²) in [6.45, 7) is 7.66. The Kier molecular flexibility index (Phi) is 5.34. The lowest BCUT2D eigenvalue weighted by Crippen LogP contribution is -2.46. The molecule has 1 saturated heterocycles. The van der Waals surface area contributed by atoms with Crippen molar-refractivity contribution in [3.63, 3.8) is 0 Å². The molecule has 2 aromatic carbocycles. The van der Waals surface area contributed by atoms with Gasteiger partial charge in [0, 0.05) is 49.3 Å². The van der Waals surface area contributed by atoms with Crippen LogP contribution in [0, 0.1) is 6.92 Å². The standard InChI is InChI=1S/C22H27N3O/c1-17-12-21-19(8-5-9-22(21)24-17)13-23-14-20-16-25(10-11-26-20)15-18-6-3-2-4-7-18/h2-9,12,20,23-24H,10-11,13-16H2,1H3. The molecule has 4 rings (SSSR count). The predicted molar refractivity (Wildman–Crippen MR) is 106 cm³/mol. The summed E-state index contributed by atoms with van der Waals surface area (Å²) >= 11 is 0. The van der Waals surface area contributed by atoms with E-state index in [1.54, 1.807) is 0 Å². The topological polar surface area (TPSA) is 40.3 Å². The highest BCUT2D eigenvalue weighted by Gasteiger charge is 2.20. The van der Waals surface area contributed by atoms with Gasteiger partial charge in [-0.2, -0.15) is 0 Å². The van der Waals surface area contributed by atoms with E-state index in [-0.39, 0.29) is 6.10 Å². The number of fused-ring (bicyclic) bond motifs is 1. The molecule has 1 fully saturated rings. The molecule has 136 valence electrons. The van der Waals surface area contributed by atoms with E-state index in [1.807, 2.05) is 0 Å². The minimum atomic E-state index is 0.250. The molecule has 26 heavy (non-hydrogen) atoms. The Morgan fingerprint density at radius 1 is 1.15 bits per heavy atom. The first-order valence-corrected chi connectivity index (χ1v) is 9.44. The summed E-state index contributed by atoms with van der Waals surface area (Å²) in [5.74, 6) is 0. The van der Waals surface area contributed by atoms with Crippen LogP contribution in [0.15, 0.2) is 54.6 Å². The quantitative estimate of drug-likeness (QED) is 0.716. The molecule has 1 unspecified atom stereocenters. The largest absolute Gasteiger partial charge is 0.374 e. The molecule has 1 aliphatic heterocycles. The normalized spacial score (nSPS) is 18.4. The van der Waals surface area contributed by atoms with Crippen LogP contribution in [-0.4, -0.2) is 42.2 Å². The van der Waals surface area contributed by atoms with Gasteiger partial charge in [-0.05, 0) is 30.2 Å². The van der Waals surface area contributed by atoms with Crippen molar-refractivity contribution in [3.8, 4) is 0 Å². The molecule has 0 aliphatic carbocycles. The molecule has 0 amide bonds. The molecule has 0 spiro atoms. The summed E-state index contributed by atoms with van der Waals surface area (Å²) in [7, 11) is 0. The number of aryl methyl sites for hydroxylation is 1. The van der Waals surface area contributed by atoms with E-state index in [1.165, 1.54) is 27.7 Å². The Bertz CT molecular complexity index is 843. The van der Waals surface area contributed by atoms with Crippen LogP contribution in [0.1, 0.15) is 16.8 Å². The fourth-order valence-electron chi connectivity index (χ4n) is 3.77. The molecule has 1 aliphatic rings. The number of ether oxygens (including phenoxy) is 1. The zero-order valence-corrected chi connectivity index (χ0v) is 15.4. The molecule has 4 heteroatoms. The average molecular weight is 349 g/mol. The summed E-state index contributed by atoms with van der Waals surface area (Å²) in [6, 6.07) is 19.4. The molecule has 3 aromatic rings. The molecule has 4 nitrogen and oxygen atoms in total. The van der Waals surface area contributed by atoms with Crippen molar-refractivity contribution in [3.05, 3.63) is 71.4 Å². The number of rotatable bonds is 6. The Balaban J connectivity index is 1.30. The molecule has 0 bridgehead atoms. The lowest BCUT2D eigenvalue weighted by molar-refractivity contribution is -0.0300. The van der Waals surface area contributed by atoms with Crippen molar-refractivity contribution in [1.82, 2.24) is 15.2 Å². The number of benzene rings is 2. The van der Waals surface area contributed by atoms with E-state index in [4.69, 9.17) is 4.74 Å². The monoisotopic (exact) mass is 349 g/mol. The van der Waals surface area contributed by atoms with E-state index in [0.717, 1.165) is 39.3 Å². The van der Waals surface area contributed by atoms with E-state index in [9.17, 15) is 0 Å². The SMILES string of the molecule is Cc1cc2c(CNCC3CN(Cc4ccccc4)CCO3)cccc2[nH]1. The van der Waals surface area contributed by atoms with Gasteiger partial charge in [0.05, 0.1) is 12.7 Å². The number of aromatic amines is 1. The first kappa shape index (κ1) is 17.3. The summed E-state index contributed by atoms with van der Waals surface area (Å²) in [5.41, 5.74) is 5.13. The first-order chi connectivity index (χ1) is 12.8. The maximum absolute atomic E-state index is 5.97. The lowest BCUT2D eigenvalue weighted by Gasteiger charge is -2.33. The third-order valence-electron chi connectivity index (χ3n) is 5.05. The second kappa shape index (κ2) is 8.04. The van der Waals surface area contributed by atoms with Crippen LogP contribution < -0.4 is 5.32 Å². The molecule has 2 heterocycles. The zero-order valence-electron chi connectivity index (χ0n) is 15.4. The summed E-state index contributed by atoms with van der Waals surface area (Å²) in [6.07, 6.45) is 0.250. The van der Waals surface area contributed by atoms with Gasteiger partial charge in [0.2, 0.25) is 0 Å². The van der Waals surface area contributed by atoms with Crippen LogP contribution in [0.25, 0.3) is 10.9 Å². The van der Waals surface area contributed by atoms with Crippen LogP contribution in [0.2, 0.25) is 0 Å². The van der Waals surface area contributed by atoms with Gasteiger partial charge in [-0.15, -0.1) is 0 Å². The van der Waals surface area contributed by atoms with Crippen LogP contribution in [0.5, 0.6) is 0 Å². The third-order valence-corrected chi connectivity index (χ3v) is 5.05. The van der Waals surface area contributed by atoms with E-state index < -0.39 is 0 Å². The van der Waals surface area contributed by atoms with Crippen LogP contribution in [-0.2, 0) is 17.8 Å². The van der Waals surface area contributed by atoms with Crippen LogP contribution >= 0.6 is 0 Å². The van der Waals surface area contributed by atoms with E-state index in [2.05, 4.69) is 76.7 Å². The van der Waals surface area contributed by atoms with Gasteiger partial charge < -0.3 is 15.0 Å². The number of nitrogens with zero attached hydrogens (tertiary/aromatic N) is 1. The highest BCUT2D eigenvalue weighted by atomic mass is 16.5. The second-order valence-electron chi connectivity index (χ2n) is 7.18. The Morgan fingerprint density at radius 2 is 2.04 bits per heavy atom. The minimum absolute atomic E-state index is 0.250. The molecule has 2 N–H and O–H groups in total. The van der Waals surface area contributed by atoms with Gasteiger partial charge in [-0.3, -0.25) is 4.90 Å². The smallest absolute Gasteiger partial charge is 0.0826 e. The third kappa shape index (κ3) is 4.15. The Morgan fingerprint density at radius 3 is 2.92 bits per heavy atom. The molecule has 1 aromatic heterocycles. The molecular weight excluding hydrogens is 322 g/mol. The highest BCUT2D eigenvalue weighted by Crippen LogP contribution is 2.19. The van der Waals surface area contributed by atoms with Crippen molar-refractivity contribution in [2.24, 2.45) is 0 Å². The first-order valence-electron chi connectivity index (χ1n) is 9.44. The van der Waals surface area contributed by atoms with Crippen molar-refractivity contribution in [2.45, 2.75) is 26.1 Å². The van der Waals surface area contributed by atoms with Gasteiger partial charge in [0.25, 0.3) is 0 Å². The number of nitrogens with one attached hydrogen (secondary N) is 2. The molecule has 0 saturated carbocycles. The number of aromatic nitrogens is 1. The Hall–Kier alpha value is -2.14. The maximum atomic E-state index is 5.97. The maximum Gasteiger partial charge on any atom is 0.0826 e. The average Bonchev–Trinajstić information content (AvgIpc) is 3.04. The van der Waals surface area contributed by atoms with Gasteiger partial charge in [-0.1, -0.05) is 42.5 Å². The van der Waals surface area contributed by atoms with Gasteiger partial charge >= 0.3 is 0 Å². The number of hydrogen-bond acceptors (Lipinski definition) is 3. The van der Waals surface area contributed by atoms with Crippen LogP contribution in [0.3, 0.4) is 0 Å². The van der Waals surface area contributed by atoms with Crippen molar-refractivity contribution in [2.75, 3.05) is 26.2 Å². The second-order valence-corrected chi connectivity index (χ2v) is 7.18. The van der Waals surface area contributed by atoms with E-state index in [0.29, 0.717) is 0 Å². The predicted octanol–water partition coefficient (Wildman–Crippen LogP) is 3.47. The Labute approximate surface area is 155 Å². The fraction of sp³-hybridized carbons (Fsp3) is 0.364. The molecule has 0 radical (unpaired) electrons. The summed E-state index contributed by atoms with van der Waals surface area (Å²) in [5, 5.41) is 4.90. The van der Waals surface area contributed by atoms with Crippen molar-refractivity contribution < 1.29 is 4.74 Å². The number of hydrogen-bond donors (Lipinski definition) is 2. The van der Waals surface area contributed by atoms with Crippen LogP contribution in [0.4, 0.5) is 0 Å². The fourth-order valence-corrected chi connectivity index (χ4v) is 3.77. The highest BCUT2D eigenvalue weighted by molar-refractivity contribution is 5.83. The zero-order chi connectivity index (χ0) is 17.8. The van der Waals surface area contributed by atoms with E-state index >= 15 is 0 Å². The van der Waals surface area contributed by atoms with Gasteiger partial charge in [0.1, 0.15) is 0 Å². The van der Waals surface area contributed by atoms with Crippen molar-refractivity contribution >= 4 is 10.9 Å². The number of morpholine rings is 1. The summed E-state index contributed by atoms with van der Waals surface area (Å²) in [4.78, 5) is 5.90.